The summed E-state index contributed by atoms with van der Waals surface area (Å²) in [5, 5.41) is 78.9. The van der Waals surface area contributed by atoms with Crippen molar-refractivity contribution in [3.8, 4) is 17.2 Å². The highest BCUT2D eigenvalue weighted by molar-refractivity contribution is 5.96. The molecule has 0 aliphatic heterocycles. The number of carbonyl (C=O) groups excluding carboxylic acids is 3. The summed E-state index contributed by atoms with van der Waals surface area (Å²) in [4.78, 5) is 87.0. The summed E-state index contributed by atoms with van der Waals surface area (Å²) in [5.41, 5.74) is -5.41. The van der Waals surface area contributed by atoms with E-state index in [1.807, 2.05) is 0 Å². The molecular formula is C34H45N7O14. The van der Waals surface area contributed by atoms with Crippen LogP contribution in [0.15, 0.2) is 51.2 Å². The minimum Gasteiger partial charge on any atom is -0.503 e. The smallest absolute Gasteiger partial charge is 0.271 e. The number of hydrogen-bond donors (Lipinski definition) is 9. The number of nitrogens with one attached hydrogen (secondary N) is 3. The number of aliphatic hydroxyl groups excluding tert-OH is 3. The highest BCUT2D eigenvalue weighted by Crippen LogP contribution is 2.29. The van der Waals surface area contributed by atoms with Gasteiger partial charge in [0.25, 0.3) is 17.7 Å². The van der Waals surface area contributed by atoms with Crippen LogP contribution in [0.3, 0.4) is 0 Å². The van der Waals surface area contributed by atoms with E-state index in [-0.39, 0.29) is 77.8 Å². The Morgan fingerprint density at radius 1 is 0.582 bits per heavy atom. The van der Waals surface area contributed by atoms with Gasteiger partial charge in [-0.05, 0) is 19.3 Å². The van der Waals surface area contributed by atoms with Gasteiger partial charge in [0.1, 0.15) is 0 Å². The average molecular weight is 776 g/mol. The highest BCUT2D eigenvalue weighted by Gasteiger charge is 2.41. The van der Waals surface area contributed by atoms with Crippen molar-refractivity contribution >= 4 is 17.7 Å². The first-order chi connectivity index (χ1) is 26.2. The van der Waals surface area contributed by atoms with Crippen molar-refractivity contribution in [1.82, 2.24) is 29.7 Å². The number of pyridine rings is 3. The second-order valence-electron chi connectivity index (χ2n) is 12.4. The fourth-order valence-electron chi connectivity index (χ4n) is 6.05. The van der Waals surface area contributed by atoms with Gasteiger partial charge in [0.15, 0.2) is 34.3 Å². The van der Waals surface area contributed by atoms with Gasteiger partial charge < -0.3 is 60.3 Å². The van der Waals surface area contributed by atoms with Crippen molar-refractivity contribution in [1.29, 1.82) is 0 Å². The molecule has 3 rings (SSSR count). The van der Waals surface area contributed by atoms with Gasteiger partial charge in [0, 0.05) is 100 Å². The molecule has 0 saturated heterocycles. The molecule has 0 radical (unpaired) electrons. The summed E-state index contributed by atoms with van der Waals surface area (Å²) >= 11 is 0. The number of carbonyl (C=O) groups is 3. The number of hydrogen-bond acceptors (Lipinski definition) is 14. The first-order valence-electron chi connectivity index (χ1n) is 17.3. The first kappa shape index (κ1) is 43.3. The van der Waals surface area contributed by atoms with Crippen molar-refractivity contribution in [3.05, 3.63) is 94.7 Å². The summed E-state index contributed by atoms with van der Waals surface area (Å²) in [7, 11) is 0. The van der Waals surface area contributed by atoms with E-state index >= 15 is 0 Å². The van der Waals surface area contributed by atoms with Crippen LogP contribution in [0.25, 0.3) is 0 Å². The van der Waals surface area contributed by atoms with Crippen LogP contribution in [0.1, 0.15) is 70.0 Å². The number of rotatable bonds is 22. The topological polar surface area (TPSA) is 318 Å². The summed E-state index contributed by atoms with van der Waals surface area (Å²) in [5.74, 6) is -5.13. The van der Waals surface area contributed by atoms with E-state index in [9.17, 15) is 69.5 Å². The zero-order valence-corrected chi connectivity index (χ0v) is 29.8. The van der Waals surface area contributed by atoms with Crippen molar-refractivity contribution in [2.24, 2.45) is 0 Å². The molecular weight excluding hydrogens is 730 g/mol. The van der Waals surface area contributed by atoms with E-state index in [0.29, 0.717) is 0 Å². The van der Waals surface area contributed by atoms with Gasteiger partial charge >= 0.3 is 0 Å². The van der Waals surface area contributed by atoms with Crippen LogP contribution in [0.5, 0.6) is 17.2 Å². The molecule has 0 spiro atoms. The number of nitro groups is 1. The van der Waals surface area contributed by atoms with Crippen molar-refractivity contribution < 1.29 is 49.9 Å². The van der Waals surface area contributed by atoms with Crippen LogP contribution in [0.4, 0.5) is 0 Å². The lowest BCUT2D eigenvalue weighted by molar-refractivity contribution is -0.574. The Bertz CT molecular complexity index is 1810. The number of aliphatic hydroxyl groups is 3. The Morgan fingerprint density at radius 2 is 0.855 bits per heavy atom. The normalized spacial score (nSPS) is 11.3. The van der Waals surface area contributed by atoms with Crippen LogP contribution < -0.4 is 32.2 Å². The molecule has 0 aromatic carbocycles. The predicted octanol–water partition coefficient (Wildman–Crippen LogP) is -1.79. The van der Waals surface area contributed by atoms with E-state index in [0.717, 1.165) is 18.2 Å². The molecule has 0 unspecified atom stereocenters. The molecule has 3 amide bonds. The van der Waals surface area contributed by atoms with E-state index in [1.165, 1.54) is 32.3 Å². The van der Waals surface area contributed by atoms with Crippen LogP contribution in [0.2, 0.25) is 0 Å². The molecule has 3 aromatic heterocycles. The standard InChI is InChI=1S/C34H45N7O14/c42-19-16-38-13-4-22(45)28(48)25(38)31(51)35-10-1-7-34(41(54)55,8-2-11-36-32(52)26-29(49)23(46)5-14-39(26)17-20-43)9-3-12-37-33(53)27-30(50)24(47)6-15-40(27)18-21-44/h4-6,13-15,42-44,48-50H,1-3,7-12,16-21H2,(H,35,51)(H,36,52)(H,37,53). The summed E-state index contributed by atoms with van der Waals surface area (Å²) in [6.45, 7) is -1.98. The molecule has 3 heterocycles. The maximum Gasteiger partial charge on any atom is 0.271 e. The maximum atomic E-state index is 12.9. The summed E-state index contributed by atoms with van der Waals surface area (Å²) in [6, 6.07) is 3.06. The lowest BCUT2D eigenvalue weighted by Crippen LogP contribution is -2.41. The molecule has 300 valence electrons. The second-order valence-corrected chi connectivity index (χ2v) is 12.4. The Labute approximate surface area is 312 Å². The Kier molecular flexibility index (Phi) is 16.1. The fourth-order valence-corrected chi connectivity index (χ4v) is 6.05. The van der Waals surface area contributed by atoms with E-state index < -0.39 is 98.6 Å². The van der Waals surface area contributed by atoms with E-state index in [2.05, 4.69) is 16.0 Å². The molecule has 0 aliphatic rings. The number of aromatic hydroxyl groups is 3. The van der Waals surface area contributed by atoms with Crippen LogP contribution in [-0.4, -0.2) is 112 Å². The van der Waals surface area contributed by atoms with Crippen molar-refractivity contribution in [3.63, 3.8) is 0 Å². The molecule has 0 fully saturated rings. The fraction of sp³-hybridized carbons (Fsp3) is 0.471. The van der Waals surface area contributed by atoms with Crippen LogP contribution in [-0.2, 0) is 19.6 Å². The zero-order chi connectivity index (χ0) is 40.7. The predicted molar refractivity (Wildman–Crippen MR) is 193 cm³/mol. The Morgan fingerprint density at radius 3 is 1.09 bits per heavy atom. The van der Waals surface area contributed by atoms with Crippen LogP contribution in [0, 0.1) is 10.1 Å². The van der Waals surface area contributed by atoms with Gasteiger partial charge in [-0.25, -0.2) is 0 Å². The van der Waals surface area contributed by atoms with Crippen molar-refractivity contribution in [2.45, 2.75) is 63.7 Å². The lowest BCUT2D eigenvalue weighted by Gasteiger charge is -2.26. The molecule has 0 saturated carbocycles. The Hall–Kier alpha value is -6.06. The largest absolute Gasteiger partial charge is 0.503 e. The summed E-state index contributed by atoms with van der Waals surface area (Å²) in [6.07, 6.45) is 3.28. The maximum absolute atomic E-state index is 12.9. The Balaban J connectivity index is 1.76. The van der Waals surface area contributed by atoms with E-state index in [1.54, 1.807) is 0 Å². The molecule has 0 bridgehead atoms. The molecule has 55 heavy (non-hydrogen) atoms. The van der Waals surface area contributed by atoms with Gasteiger partial charge in [-0.15, -0.1) is 0 Å². The molecule has 21 nitrogen and oxygen atoms in total. The second kappa shape index (κ2) is 20.4. The average Bonchev–Trinajstić information content (AvgIpc) is 3.14. The minimum atomic E-state index is -1.70. The molecule has 3 aromatic rings. The van der Waals surface area contributed by atoms with Crippen molar-refractivity contribution in [2.75, 3.05) is 39.5 Å². The first-order valence-corrected chi connectivity index (χ1v) is 17.3. The third-order valence-electron chi connectivity index (χ3n) is 8.82. The van der Waals surface area contributed by atoms with Gasteiger partial charge in [0.2, 0.25) is 21.8 Å². The van der Waals surface area contributed by atoms with Gasteiger partial charge in [-0.3, -0.25) is 38.9 Å². The number of amides is 3. The zero-order valence-electron chi connectivity index (χ0n) is 29.8. The third-order valence-corrected chi connectivity index (χ3v) is 8.82. The number of aromatic nitrogens is 3. The van der Waals surface area contributed by atoms with Gasteiger partial charge in [-0.1, -0.05) is 0 Å². The molecule has 21 heteroatoms. The SMILES string of the molecule is O=C(NCCCC(CCCNC(=O)c1c(O)c(=O)ccn1CCO)(CCCNC(=O)c1c(O)c(=O)ccn1CCO)[N+](=O)[O-])c1c(O)c(=O)ccn1CCO. The molecule has 9 N–H and O–H groups in total. The number of nitrogens with zero attached hydrogens (tertiary/aromatic N) is 4. The molecule has 0 aliphatic carbocycles. The summed E-state index contributed by atoms with van der Waals surface area (Å²) < 4.78 is 3.52. The highest BCUT2D eigenvalue weighted by atomic mass is 16.6. The molecule has 0 atom stereocenters. The van der Waals surface area contributed by atoms with E-state index in [4.69, 9.17) is 0 Å². The quantitative estimate of drug-likeness (QED) is 0.0310. The van der Waals surface area contributed by atoms with Gasteiger partial charge in [0.05, 0.1) is 19.8 Å². The monoisotopic (exact) mass is 775 g/mol. The third kappa shape index (κ3) is 11.0. The van der Waals surface area contributed by atoms with Crippen LogP contribution >= 0.6 is 0 Å². The lowest BCUT2D eigenvalue weighted by atomic mass is 9.84. The minimum absolute atomic E-state index is 0.0138. The van der Waals surface area contributed by atoms with Gasteiger partial charge in [-0.2, -0.15) is 0 Å².